The van der Waals surface area contributed by atoms with Gasteiger partial charge in [0.25, 0.3) is 0 Å². The van der Waals surface area contributed by atoms with Crippen LogP contribution in [0, 0.1) is 11.8 Å². The lowest BCUT2D eigenvalue weighted by molar-refractivity contribution is -0.146. The lowest BCUT2D eigenvalue weighted by Gasteiger charge is -2.21. The molecule has 5 nitrogen and oxygen atoms in total. The second-order valence-electron chi connectivity index (χ2n) is 6.64. The van der Waals surface area contributed by atoms with Crippen molar-refractivity contribution in [3.63, 3.8) is 0 Å². The minimum atomic E-state index is -0.231. The van der Waals surface area contributed by atoms with Gasteiger partial charge in [-0.15, -0.1) is 0 Å². The second-order valence-corrected chi connectivity index (χ2v) is 7.07. The lowest BCUT2D eigenvalue weighted by Crippen LogP contribution is -2.41. The number of carbonyl (C=O) groups is 3. The summed E-state index contributed by atoms with van der Waals surface area (Å²) in [6.07, 6.45) is 3.50. The molecule has 3 amide bonds. The molecule has 1 aromatic carbocycles. The number of likely N-dealkylation sites (tertiary alicyclic amines) is 1. The third kappa shape index (κ3) is 3.31. The first-order chi connectivity index (χ1) is 11.5. The smallest absolute Gasteiger partial charge is 0.242 e. The van der Waals surface area contributed by atoms with E-state index < -0.39 is 0 Å². The number of rotatable bonds is 4. The Morgan fingerprint density at radius 2 is 1.67 bits per heavy atom. The van der Waals surface area contributed by atoms with Gasteiger partial charge in [-0.25, -0.2) is 0 Å². The van der Waals surface area contributed by atoms with Crippen molar-refractivity contribution in [1.29, 1.82) is 0 Å². The predicted octanol–water partition coefficient (Wildman–Crippen LogP) is 2.47. The predicted molar refractivity (Wildman–Crippen MR) is 90.1 cm³/mol. The van der Waals surface area contributed by atoms with E-state index in [1.54, 1.807) is 19.2 Å². The fourth-order valence-electron chi connectivity index (χ4n) is 3.59. The summed E-state index contributed by atoms with van der Waals surface area (Å²) in [6.45, 7) is 0.258. The number of hydrogen-bond acceptors (Lipinski definition) is 3. The lowest BCUT2D eigenvalue weighted by atomic mass is 9.81. The van der Waals surface area contributed by atoms with Gasteiger partial charge in [0.1, 0.15) is 6.54 Å². The molecule has 1 saturated carbocycles. The van der Waals surface area contributed by atoms with Gasteiger partial charge in [0, 0.05) is 18.6 Å². The van der Waals surface area contributed by atoms with Gasteiger partial charge in [-0.1, -0.05) is 36.6 Å². The standard InChI is InChI=1S/C18H21ClN2O3/c1-20(10-12-6-8-13(19)9-7-12)16(22)11-21-17(23)14-4-2-3-5-15(14)18(21)24/h6-9,14-15H,2-5,10-11H2,1H3. The van der Waals surface area contributed by atoms with Gasteiger partial charge in [-0.05, 0) is 30.5 Å². The van der Waals surface area contributed by atoms with Crippen molar-refractivity contribution in [2.45, 2.75) is 32.2 Å². The molecule has 1 saturated heterocycles. The van der Waals surface area contributed by atoms with E-state index in [0.29, 0.717) is 11.6 Å². The van der Waals surface area contributed by atoms with Crippen LogP contribution in [0.1, 0.15) is 31.2 Å². The topological polar surface area (TPSA) is 57.7 Å². The van der Waals surface area contributed by atoms with Crippen LogP contribution < -0.4 is 0 Å². The van der Waals surface area contributed by atoms with Crippen molar-refractivity contribution in [3.05, 3.63) is 34.9 Å². The molecule has 0 bridgehead atoms. The number of hydrogen-bond donors (Lipinski definition) is 0. The van der Waals surface area contributed by atoms with Crippen LogP contribution in [0.4, 0.5) is 0 Å². The largest absolute Gasteiger partial charge is 0.340 e. The van der Waals surface area contributed by atoms with E-state index in [2.05, 4.69) is 0 Å². The van der Waals surface area contributed by atoms with Crippen molar-refractivity contribution >= 4 is 29.3 Å². The maximum Gasteiger partial charge on any atom is 0.242 e. The summed E-state index contributed by atoms with van der Waals surface area (Å²) in [6, 6.07) is 7.25. The Morgan fingerprint density at radius 1 is 1.12 bits per heavy atom. The van der Waals surface area contributed by atoms with Gasteiger partial charge < -0.3 is 4.90 Å². The Morgan fingerprint density at radius 3 is 2.21 bits per heavy atom. The van der Waals surface area contributed by atoms with Gasteiger partial charge in [0.2, 0.25) is 17.7 Å². The number of benzene rings is 1. The van der Waals surface area contributed by atoms with Crippen molar-refractivity contribution in [1.82, 2.24) is 9.80 Å². The van der Waals surface area contributed by atoms with E-state index in [9.17, 15) is 14.4 Å². The van der Waals surface area contributed by atoms with E-state index in [0.717, 1.165) is 31.2 Å². The minimum absolute atomic E-state index is 0.158. The Labute approximate surface area is 146 Å². The minimum Gasteiger partial charge on any atom is -0.340 e. The number of nitrogens with zero attached hydrogens (tertiary/aromatic N) is 2. The molecule has 1 aliphatic heterocycles. The van der Waals surface area contributed by atoms with E-state index >= 15 is 0 Å². The molecule has 1 aromatic rings. The number of amides is 3. The highest BCUT2D eigenvalue weighted by molar-refractivity contribution is 6.30. The van der Waals surface area contributed by atoms with Crippen LogP contribution in [0.3, 0.4) is 0 Å². The van der Waals surface area contributed by atoms with Crippen LogP contribution in [-0.2, 0) is 20.9 Å². The first-order valence-electron chi connectivity index (χ1n) is 8.31. The molecule has 0 aromatic heterocycles. The molecule has 1 aliphatic carbocycles. The van der Waals surface area contributed by atoms with Crippen molar-refractivity contribution in [2.75, 3.05) is 13.6 Å². The highest BCUT2D eigenvalue weighted by Gasteiger charge is 2.48. The number of likely N-dealkylation sites (N-methyl/N-ethyl adjacent to an activating group) is 1. The van der Waals surface area contributed by atoms with Crippen LogP contribution in [0.25, 0.3) is 0 Å². The molecule has 0 radical (unpaired) electrons. The van der Waals surface area contributed by atoms with E-state index in [4.69, 9.17) is 11.6 Å². The second kappa shape index (κ2) is 6.93. The van der Waals surface area contributed by atoms with Gasteiger partial charge in [-0.3, -0.25) is 19.3 Å². The maximum absolute atomic E-state index is 12.4. The average molecular weight is 349 g/mol. The molecule has 3 rings (SSSR count). The number of fused-ring (bicyclic) bond motifs is 1. The Balaban J connectivity index is 1.62. The number of carbonyl (C=O) groups excluding carboxylic acids is 3. The van der Waals surface area contributed by atoms with Gasteiger partial charge >= 0.3 is 0 Å². The Bertz CT molecular complexity index is 635. The summed E-state index contributed by atoms with van der Waals surface area (Å²) in [5, 5.41) is 0.642. The van der Waals surface area contributed by atoms with Crippen LogP contribution in [0.2, 0.25) is 5.02 Å². The first-order valence-corrected chi connectivity index (χ1v) is 8.69. The molecule has 128 valence electrons. The average Bonchev–Trinajstić information content (AvgIpc) is 2.82. The molecule has 2 fully saturated rings. The molecule has 6 heteroatoms. The molecule has 1 heterocycles. The monoisotopic (exact) mass is 348 g/mol. The van der Waals surface area contributed by atoms with Crippen LogP contribution in [0.5, 0.6) is 0 Å². The van der Waals surface area contributed by atoms with E-state index in [1.165, 1.54) is 9.80 Å². The maximum atomic E-state index is 12.4. The molecule has 24 heavy (non-hydrogen) atoms. The first kappa shape index (κ1) is 17.0. The molecular weight excluding hydrogens is 328 g/mol. The normalized spacial score (nSPS) is 23.3. The molecular formula is C18H21ClN2O3. The summed E-state index contributed by atoms with van der Waals surface area (Å²) in [5.41, 5.74) is 0.947. The summed E-state index contributed by atoms with van der Waals surface area (Å²) in [4.78, 5) is 40.0. The highest BCUT2D eigenvalue weighted by Crippen LogP contribution is 2.37. The zero-order valence-corrected chi connectivity index (χ0v) is 14.5. The van der Waals surface area contributed by atoms with E-state index in [-0.39, 0.29) is 36.1 Å². The van der Waals surface area contributed by atoms with Gasteiger partial charge in [-0.2, -0.15) is 0 Å². The van der Waals surface area contributed by atoms with Gasteiger partial charge in [0.05, 0.1) is 11.8 Å². The number of imide groups is 1. The summed E-state index contributed by atoms with van der Waals surface area (Å²) >= 11 is 5.85. The van der Waals surface area contributed by atoms with Crippen LogP contribution >= 0.6 is 11.6 Å². The highest BCUT2D eigenvalue weighted by atomic mass is 35.5. The van der Waals surface area contributed by atoms with Crippen molar-refractivity contribution in [2.24, 2.45) is 11.8 Å². The molecule has 2 atom stereocenters. The third-order valence-electron chi connectivity index (χ3n) is 4.98. The SMILES string of the molecule is CN(Cc1ccc(Cl)cc1)C(=O)CN1C(=O)C2CCCCC2C1=O. The van der Waals surface area contributed by atoms with Crippen LogP contribution in [-0.4, -0.2) is 41.1 Å². The summed E-state index contributed by atoms with van der Waals surface area (Å²) in [5.74, 6) is -0.984. The fourth-order valence-corrected chi connectivity index (χ4v) is 3.72. The summed E-state index contributed by atoms with van der Waals surface area (Å²) < 4.78 is 0. The van der Waals surface area contributed by atoms with E-state index in [1.807, 2.05) is 12.1 Å². The molecule has 2 unspecified atom stereocenters. The third-order valence-corrected chi connectivity index (χ3v) is 5.24. The Hall–Kier alpha value is -1.88. The van der Waals surface area contributed by atoms with Gasteiger partial charge in [0.15, 0.2) is 0 Å². The van der Waals surface area contributed by atoms with Crippen molar-refractivity contribution < 1.29 is 14.4 Å². The molecule has 0 N–H and O–H groups in total. The molecule has 2 aliphatic rings. The summed E-state index contributed by atoms with van der Waals surface area (Å²) in [7, 11) is 1.68. The Kier molecular flexibility index (Phi) is 4.90. The molecule has 0 spiro atoms. The number of halogens is 1. The fraction of sp³-hybridized carbons (Fsp3) is 0.500. The van der Waals surface area contributed by atoms with Crippen LogP contribution in [0.15, 0.2) is 24.3 Å². The quantitative estimate of drug-likeness (QED) is 0.785. The zero-order chi connectivity index (χ0) is 17.3. The van der Waals surface area contributed by atoms with Crippen molar-refractivity contribution in [3.8, 4) is 0 Å². The zero-order valence-electron chi connectivity index (χ0n) is 13.7.